The molecule has 0 unspecified atom stereocenters. The van der Waals surface area contributed by atoms with Crippen molar-refractivity contribution >= 4 is 43.0 Å². The number of morpholine rings is 1. The quantitative estimate of drug-likeness (QED) is 0.750. The van der Waals surface area contributed by atoms with Crippen molar-refractivity contribution < 1.29 is 4.74 Å². The van der Waals surface area contributed by atoms with Crippen LogP contribution in [0.25, 0.3) is 25.9 Å². The van der Waals surface area contributed by atoms with Gasteiger partial charge in [0, 0.05) is 29.7 Å². The molecule has 0 bridgehead atoms. The number of fused-ring (bicyclic) bond motifs is 3. The molecule has 3 aromatic rings. The molecule has 2 aromatic heterocycles. The molecular weight excluding hydrogens is 356 g/mol. The summed E-state index contributed by atoms with van der Waals surface area (Å²) in [6, 6.07) is 6.65. The SMILES string of the molecule is Nc1ncnc2c1sc1cc(C3=CC=C(CN4CCOCC4)CC3)ccc12. The Hall–Kier alpha value is -2.28. The van der Waals surface area contributed by atoms with Crippen molar-refractivity contribution in [2.75, 3.05) is 38.6 Å². The summed E-state index contributed by atoms with van der Waals surface area (Å²) >= 11 is 1.68. The molecule has 5 nitrogen and oxygen atoms in total. The predicted molar refractivity (Wildman–Crippen MR) is 112 cm³/mol. The lowest BCUT2D eigenvalue weighted by Crippen LogP contribution is -2.37. The molecular formula is C21H22N4OS. The Bertz CT molecular complexity index is 1060. The van der Waals surface area contributed by atoms with E-state index in [1.807, 2.05) is 0 Å². The monoisotopic (exact) mass is 378 g/mol. The number of ether oxygens (including phenoxy) is 1. The minimum atomic E-state index is 0.565. The molecule has 0 saturated carbocycles. The van der Waals surface area contributed by atoms with Crippen molar-refractivity contribution in [1.82, 2.24) is 14.9 Å². The van der Waals surface area contributed by atoms with Crippen molar-refractivity contribution in [1.29, 1.82) is 0 Å². The van der Waals surface area contributed by atoms with Crippen molar-refractivity contribution in [2.45, 2.75) is 12.8 Å². The molecule has 1 aromatic carbocycles. The molecule has 5 rings (SSSR count). The topological polar surface area (TPSA) is 64.3 Å². The Morgan fingerprint density at radius 2 is 2.00 bits per heavy atom. The predicted octanol–water partition coefficient (Wildman–Crippen LogP) is 3.86. The first kappa shape index (κ1) is 16.9. The number of benzene rings is 1. The third-order valence-electron chi connectivity index (χ3n) is 5.42. The van der Waals surface area contributed by atoms with Crippen LogP contribution in [0.3, 0.4) is 0 Å². The molecule has 1 fully saturated rings. The number of aromatic nitrogens is 2. The molecule has 138 valence electrons. The smallest absolute Gasteiger partial charge is 0.144 e. The largest absolute Gasteiger partial charge is 0.382 e. The van der Waals surface area contributed by atoms with E-state index >= 15 is 0 Å². The van der Waals surface area contributed by atoms with Gasteiger partial charge < -0.3 is 10.5 Å². The summed E-state index contributed by atoms with van der Waals surface area (Å²) in [7, 11) is 0. The molecule has 0 spiro atoms. The molecule has 2 aliphatic rings. The normalized spacial score (nSPS) is 18.7. The fourth-order valence-electron chi connectivity index (χ4n) is 3.89. The summed E-state index contributed by atoms with van der Waals surface area (Å²) in [5, 5.41) is 1.16. The fraction of sp³-hybridized carbons (Fsp3) is 0.333. The summed E-state index contributed by atoms with van der Waals surface area (Å²) in [5.41, 5.74) is 11.2. The Kier molecular flexibility index (Phi) is 4.39. The van der Waals surface area contributed by atoms with Crippen molar-refractivity contribution in [2.24, 2.45) is 0 Å². The van der Waals surface area contributed by atoms with Crippen LogP contribution in [0.2, 0.25) is 0 Å². The van der Waals surface area contributed by atoms with Crippen LogP contribution in [0.15, 0.2) is 42.3 Å². The lowest BCUT2D eigenvalue weighted by molar-refractivity contribution is 0.0419. The molecule has 27 heavy (non-hydrogen) atoms. The van der Waals surface area contributed by atoms with Gasteiger partial charge in [-0.2, -0.15) is 0 Å². The standard InChI is InChI=1S/C21H22N4OS/c22-21-20-19(23-13-24-21)17-6-5-16(11-18(17)27-20)15-3-1-14(2-4-15)12-25-7-9-26-10-8-25/h1,3,5-6,11,13H,2,4,7-10,12H2,(H2,22,23,24). The van der Waals surface area contributed by atoms with Gasteiger partial charge in [0.15, 0.2) is 0 Å². The second-order valence-electron chi connectivity index (χ2n) is 7.15. The van der Waals surface area contributed by atoms with E-state index in [0.29, 0.717) is 5.82 Å². The Morgan fingerprint density at radius 1 is 1.11 bits per heavy atom. The highest BCUT2D eigenvalue weighted by Gasteiger charge is 2.16. The highest BCUT2D eigenvalue weighted by molar-refractivity contribution is 7.26. The van der Waals surface area contributed by atoms with Crippen molar-refractivity contribution in [3.05, 3.63) is 47.8 Å². The van der Waals surface area contributed by atoms with Crippen molar-refractivity contribution in [3.63, 3.8) is 0 Å². The highest BCUT2D eigenvalue weighted by atomic mass is 32.1. The van der Waals surface area contributed by atoms with Gasteiger partial charge in [-0.15, -0.1) is 11.3 Å². The summed E-state index contributed by atoms with van der Waals surface area (Å²) in [4.78, 5) is 11.0. The zero-order valence-electron chi connectivity index (χ0n) is 15.1. The Labute approximate surface area is 162 Å². The Morgan fingerprint density at radius 3 is 2.81 bits per heavy atom. The molecule has 3 heterocycles. The maximum absolute atomic E-state index is 6.02. The first-order valence-corrected chi connectivity index (χ1v) is 10.2. The summed E-state index contributed by atoms with van der Waals surface area (Å²) in [6.07, 6.45) is 8.37. The van der Waals surface area contributed by atoms with Crippen LogP contribution in [0.1, 0.15) is 18.4 Å². The third kappa shape index (κ3) is 3.25. The number of thiophene rings is 1. The lowest BCUT2D eigenvalue weighted by Gasteiger charge is -2.28. The van der Waals surface area contributed by atoms with E-state index in [0.717, 1.165) is 61.3 Å². The summed E-state index contributed by atoms with van der Waals surface area (Å²) < 4.78 is 7.64. The molecule has 0 atom stereocenters. The first-order valence-electron chi connectivity index (χ1n) is 9.40. The van der Waals surface area contributed by atoms with Gasteiger partial charge in [-0.1, -0.05) is 29.9 Å². The minimum Gasteiger partial charge on any atom is -0.382 e. The number of allylic oxidation sites excluding steroid dienone is 3. The van der Waals surface area contributed by atoms with E-state index in [-0.39, 0.29) is 0 Å². The van der Waals surface area contributed by atoms with E-state index in [1.165, 1.54) is 21.4 Å². The summed E-state index contributed by atoms with van der Waals surface area (Å²) in [5.74, 6) is 0.565. The number of nitrogens with two attached hydrogens (primary N) is 1. The molecule has 1 aliphatic heterocycles. The third-order valence-corrected chi connectivity index (χ3v) is 6.58. The van der Waals surface area contributed by atoms with Crippen LogP contribution in [-0.4, -0.2) is 47.7 Å². The van der Waals surface area contributed by atoms with Gasteiger partial charge in [-0.25, -0.2) is 9.97 Å². The number of hydrogen-bond donors (Lipinski definition) is 1. The lowest BCUT2D eigenvalue weighted by atomic mass is 9.92. The van der Waals surface area contributed by atoms with Crippen LogP contribution in [0, 0.1) is 0 Å². The van der Waals surface area contributed by atoms with E-state index in [4.69, 9.17) is 10.5 Å². The molecule has 2 N–H and O–H groups in total. The van der Waals surface area contributed by atoms with Gasteiger partial charge in [-0.05, 0) is 30.0 Å². The maximum atomic E-state index is 6.02. The van der Waals surface area contributed by atoms with Gasteiger partial charge in [0.05, 0.1) is 23.4 Å². The minimum absolute atomic E-state index is 0.565. The van der Waals surface area contributed by atoms with Crippen LogP contribution < -0.4 is 5.73 Å². The van der Waals surface area contributed by atoms with Crippen LogP contribution in [0.5, 0.6) is 0 Å². The van der Waals surface area contributed by atoms with Crippen LogP contribution in [0.4, 0.5) is 5.82 Å². The molecule has 0 amide bonds. The fourth-order valence-corrected chi connectivity index (χ4v) is 4.99. The van der Waals surface area contributed by atoms with Crippen molar-refractivity contribution in [3.8, 4) is 0 Å². The Balaban J connectivity index is 1.42. The second kappa shape index (κ2) is 7.03. The number of hydrogen-bond acceptors (Lipinski definition) is 6. The van der Waals surface area contributed by atoms with E-state index < -0.39 is 0 Å². The van der Waals surface area contributed by atoms with Gasteiger partial charge in [-0.3, -0.25) is 4.90 Å². The van der Waals surface area contributed by atoms with Crippen LogP contribution >= 0.6 is 11.3 Å². The van der Waals surface area contributed by atoms with Gasteiger partial charge in [0.25, 0.3) is 0 Å². The summed E-state index contributed by atoms with van der Waals surface area (Å²) in [6.45, 7) is 4.88. The zero-order chi connectivity index (χ0) is 18.2. The van der Waals surface area contributed by atoms with Gasteiger partial charge in [0.2, 0.25) is 0 Å². The average molecular weight is 379 g/mol. The number of nitrogens with zero attached hydrogens (tertiary/aromatic N) is 3. The second-order valence-corrected chi connectivity index (χ2v) is 8.21. The number of nitrogen functional groups attached to an aromatic ring is 1. The van der Waals surface area contributed by atoms with Gasteiger partial charge in [0.1, 0.15) is 12.1 Å². The first-order chi connectivity index (χ1) is 13.3. The molecule has 0 radical (unpaired) electrons. The average Bonchev–Trinajstić information content (AvgIpc) is 3.09. The number of rotatable bonds is 3. The van der Waals surface area contributed by atoms with Crippen LogP contribution in [-0.2, 0) is 4.74 Å². The van der Waals surface area contributed by atoms with E-state index in [9.17, 15) is 0 Å². The number of anilines is 1. The molecule has 1 aliphatic carbocycles. The van der Waals surface area contributed by atoms with Gasteiger partial charge >= 0.3 is 0 Å². The molecule has 1 saturated heterocycles. The van der Waals surface area contributed by atoms with E-state index in [2.05, 4.69) is 45.2 Å². The molecule has 6 heteroatoms. The van der Waals surface area contributed by atoms with E-state index in [1.54, 1.807) is 17.7 Å². The zero-order valence-corrected chi connectivity index (χ0v) is 16.0. The maximum Gasteiger partial charge on any atom is 0.144 e. The highest BCUT2D eigenvalue weighted by Crippen LogP contribution is 2.37.